The van der Waals surface area contributed by atoms with Crippen molar-refractivity contribution in [1.29, 1.82) is 0 Å². The maximum Gasteiger partial charge on any atom is 0.169 e. The molecule has 0 radical (unpaired) electrons. The lowest BCUT2D eigenvalue weighted by Gasteiger charge is -2.13. The Hall–Kier alpha value is -2.57. The molecule has 0 aliphatic rings. The fraction of sp³-hybridized carbons (Fsp3) is 0.0556. The molecular weight excluding hydrogens is 372 g/mol. The van der Waals surface area contributed by atoms with E-state index < -0.39 is 6.23 Å². The molecule has 0 spiro atoms. The summed E-state index contributed by atoms with van der Waals surface area (Å²) in [6.45, 7) is 0. The summed E-state index contributed by atoms with van der Waals surface area (Å²) >= 11 is 3.31. The lowest BCUT2D eigenvalue weighted by Crippen LogP contribution is -2.15. The van der Waals surface area contributed by atoms with Crippen molar-refractivity contribution in [3.05, 3.63) is 70.2 Å². The second kappa shape index (κ2) is 6.90. The van der Waals surface area contributed by atoms with E-state index in [1.165, 1.54) is 12.3 Å². The van der Waals surface area contributed by atoms with Crippen LogP contribution in [0.1, 0.15) is 17.4 Å². The van der Waals surface area contributed by atoms with Gasteiger partial charge in [-0.05, 0) is 41.1 Å². The van der Waals surface area contributed by atoms with Gasteiger partial charge in [0, 0.05) is 15.6 Å². The summed E-state index contributed by atoms with van der Waals surface area (Å²) in [7, 11) is 0. The van der Waals surface area contributed by atoms with Crippen molar-refractivity contribution in [2.45, 2.75) is 6.23 Å². The molecule has 6 heteroatoms. The van der Waals surface area contributed by atoms with Crippen LogP contribution in [0.3, 0.4) is 0 Å². The summed E-state index contributed by atoms with van der Waals surface area (Å²) in [5.74, 6) is 0.0565. The molecule has 0 bridgehead atoms. The van der Waals surface area contributed by atoms with Crippen LogP contribution in [0.25, 0.3) is 10.8 Å². The molecule has 0 aromatic heterocycles. The Morgan fingerprint density at radius 1 is 0.958 bits per heavy atom. The number of aliphatic hydroxyl groups is 1. The van der Waals surface area contributed by atoms with Crippen LogP contribution in [0.5, 0.6) is 11.5 Å². The van der Waals surface area contributed by atoms with Crippen LogP contribution in [0.2, 0.25) is 0 Å². The molecule has 0 heterocycles. The van der Waals surface area contributed by atoms with Gasteiger partial charge in [0.05, 0.1) is 6.21 Å². The van der Waals surface area contributed by atoms with Crippen molar-refractivity contribution in [1.82, 2.24) is 5.43 Å². The van der Waals surface area contributed by atoms with E-state index in [0.29, 0.717) is 11.1 Å². The predicted molar refractivity (Wildman–Crippen MR) is 97.1 cm³/mol. The maximum atomic E-state index is 10.2. The molecule has 24 heavy (non-hydrogen) atoms. The molecule has 1 atom stereocenters. The number of rotatable bonds is 4. The largest absolute Gasteiger partial charge is 0.507 e. The number of halogens is 1. The number of hydrogen-bond acceptors (Lipinski definition) is 5. The third-order valence-electron chi connectivity index (χ3n) is 3.58. The van der Waals surface area contributed by atoms with Crippen LogP contribution < -0.4 is 5.43 Å². The van der Waals surface area contributed by atoms with Gasteiger partial charge < -0.3 is 15.3 Å². The van der Waals surface area contributed by atoms with Crippen molar-refractivity contribution < 1.29 is 15.3 Å². The Morgan fingerprint density at radius 2 is 1.67 bits per heavy atom. The summed E-state index contributed by atoms with van der Waals surface area (Å²) < 4.78 is 0.800. The van der Waals surface area contributed by atoms with Crippen LogP contribution in [0, 0.1) is 0 Å². The van der Waals surface area contributed by atoms with E-state index in [4.69, 9.17) is 0 Å². The van der Waals surface area contributed by atoms with Gasteiger partial charge in [-0.1, -0.05) is 40.2 Å². The molecule has 0 aliphatic carbocycles. The van der Waals surface area contributed by atoms with Gasteiger partial charge in [0.1, 0.15) is 11.5 Å². The Kier molecular flexibility index (Phi) is 4.69. The zero-order valence-corrected chi connectivity index (χ0v) is 14.1. The molecule has 0 aliphatic heterocycles. The third-order valence-corrected chi connectivity index (χ3v) is 4.07. The van der Waals surface area contributed by atoms with Crippen LogP contribution in [-0.4, -0.2) is 21.5 Å². The summed E-state index contributed by atoms with van der Waals surface area (Å²) in [5, 5.41) is 35.7. The van der Waals surface area contributed by atoms with Gasteiger partial charge in [0.25, 0.3) is 0 Å². The zero-order chi connectivity index (χ0) is 17.1. The minimum atomic E-state index is -1.18. The average Bonchev–Trinajstić information content (AvgIpc) is 2.57. The number of nitrogens with one attached hydrogen (secondary N) is 1. The van der Waals surface area contributed by atoms with E-state index in [1.54, 1.807) is 24.3 Å². The zero-order valence-electron chi connectivity index (χ0n) is 12.5. The maximum absolute atomic E-state index is 10.2. The molecule has 0 saturated carbocycles. The van der Waals surface area contributed by atoms with Gasteiger partial charge in [0.2, 0.25) is 0 Å². The standard InChI is InChI=1S/C18H15BrN2O3/c19-14-5-6-16(22)13(7-14)10-20-21-18(24)15-8-11-3-1-2-4-12(11)9-17(15)23/h1-10,18,21-24H/b20-10+. The minimum absolute atomic E-state index is 0.0193. The van der Waals surface area contributed by atoms with E-state index in [-0.39, 0.29) is 11.5 Å². The van der Waals surface area contributed by atoms with Crippen molar-refractivity contribution in [2.24, 2.45) is 5.10 Å². The fourth-order valence-corrected chi connectivity index (χ4v) is 2.72. The molecule has 0 fully saturated rings. The summed E-state index contributed by atoms with van der Waals surface area (Å²) in [6, 6.07) is 15.8. The highest BCUT2D eigenvalue weighted by Crippen LogP contribution is 2.28. The van der Waals surface area contributed by atoms with Crippen molar-refractivity contribution in [3.63, 3.8) is 0 Å². The Balaban J connectivity index is 1.80. The normalized spacial score (nSPS) is 12.6. The Morgan fingerprint density at radius 3 is 2.42 bits per heavy atom. The summed E-state index contributed by atoms with van der Waals surface area (Å²) in [5.41, 5.74) is 3.35. The molecule has 5 nitrogen and oxygen atoms in total. The van der Waals surface area contributed by atoms with Crippen molar-refractivity contribution >= 4 is 32.9 Å². The molecule has 1 unspecified atom stereocenters. The number of phenols is 2. The SMILES string of the molecule is Oc1ccc(Br)cc1/C=N/NC(O)c1cc2ccccc2cc1O. The third kappa shape index (κ3) is 3.50. The lowest BCUT2D eigenvalue weighted by atomic mass is 10.1. The number of phenolic OH excluding ortho intramolecular Hbond substituents is 2. The minimum Gasteiger partial charge on any atom is -0.507 e. The van der Waals surface area contributed by atoms with Crippen molar-refractivity contribution in [3.8, 4) is 11.5 Å². The van der Waals surface area contributed by atoms with Gasteiger partial charge in [-0.15, -0.1) is 0 Å². The molecule has 0 saturated heterocycles. The molecular formula is C18H15BrN2O3. The second-order valence-electron chi connectivity index (χ2n) is 5.25. The first-order valence-electron chi connectivity index (χ1n) is 7.21. The molecule has 3 aromatic rings. The van der Waals surface area contributed by atoms with Crippen LogP contribution in [0.15, 0.2) is 64.2 Å². The highest BCUT2D eigenvalue weighted by atomic mass is 79.9. The second-order valence-corrected chi connectivity index (χ2v) is 6.17. The van der Waals surface area contributed by atoms with Gasteiger partial charge in [-0.3, -0.25) is 5.43 Å². The number of aliphatic hydroxyl groups excluding tert-OH is 1. The lowest BCUT2D eigenvalue weighted by molar-refractivity contribution is 0.138. The van der Waals surface area contributed by atoms with E-state index in [0.717, 1.165) is 15.2 Å². The number of fused-ring (bicyclic) bond motifs is 1. The van der Waals surface area contributed by atoms with E-state index >= 15 is 0 Å². The Labute approximate surface area is 147 Å². The summed E-state index contributed by atoms with van der Waals surface area (Å²) in [6.07, 6.45) is 0.210. The average molecular weight is 387 g/mol. The predicted octanol–water partition coefficient (Wildman–Crippen LogP) is 3.63. The smallest absolute Gasteiger partial charge is 0.169 e. The first-order chi connectivity index (χ1) is 11.5. The highest BCUT2D eigenvalue weighted by Gasteiger charge is 2.12. The molecule has 3 rings (SSSR count). The molecule has 0 amide bonds. The van der Waals surface area contributed by atoms with Gasteiger partial charge in [0.15, 0.2) is 6.23 Å². The molecule has 122 valence electrons. The van der Waals surface area contributed by atoms with Crippen LogP contribution >= 0.6 is 15.9 Å². The highest BCUT2D eigenvalue weighted by molar-refractivity contribution is 9.10. The van der Waals surface area contributed by atoms with Crippen LogP contribution in [-0.2, 0) is 0 Å². The number of hydrazone groups is 1. The van der Waals surface area contributed by atoms with E-state index in [2.05, 4.69) is 26.5 Å². The van der Waals surface area contributed by atoms with Gasteiger partial charge >= 0.3 is 0 Å². The number of hydrogen-bond donors (Lipinski definition) is 4. The van der Waals surface area contributed by atoms with Crippen molar-refractivity contribution in [2.75, 3.05) is 0 Å². The first kappa shape index (κ1) is 16.3. The Bertz CT molecular complexity index is 912. The van der Waals surface area contributed by atoms with E-state index in [9.17, 15) is 15.3 Å². The monoisotopic (exact) mass is 386 g/mol. The van der Waals surface area contributed by atoms with Gasteiger partial charge in [-0.25, -0.2) is 0 Å². The molecule has 4 N–H and O–H groups in total. The number of aromatic hydroxyl groups is 2. The quantitative estimate of drug-likeness (QED) is 0.313. The van der Waals surface area contributed by atoms with Gasteiger partial charge in [-0.2, -0.15) is 5.10 Å². The summed E-state index contributed by atoms with van der Waals surface area (Å²) in [4.78, 5) is 0. The molecule has 3 aromatic carbocycles. The first-order valence-corrected chi connectivity index (χ1v) is 8.01. The van der Waals surface area contributed by atoms with Crippen LogP contribution in [0.4, 0.5) is 0 Å². The number of nitrogens with zero attached hydrogens (tertiary/aromatic N) is 1. The fourth-order valence-electron chi connectivity index (χ4n) is 2.34. The topological polar surface area (TPSA) is 85.1 Å². The number of benzene rings is 3. The van der Waals surface area contributed by atoms with E-state index in [1.807, 2.05) is 24.3 Å².